The van der Waals surface area contributed by atoms with Crippen LogP contribution in [0.15, 0.2) is 22.8 Å². The number of aromatic amines is 1. The molecule has 0 aliphatic carbocycles. The van der Waals surface area contributed by atoms with Gasteiger partial charge in [0.15, 0.2) is 0 Å². The van der Waals surface area contributed by atoms with Crippen LogP contribution < -0.4 is 5.32 Å². The smallest absolute Gasteiger partial charge is 0.325 e. The van der Waals surface area contributed by atoms with Gasteiger partial charge in [-0.25, -0.2) is 4.98 Å². The van der Waals surface area contributed by atoms with Gasteiger partial charge in [0.05, 0.1) is 22.3 Å². The summed E-state index contributed by atoms with van der Waals surface area (Å²) >= 11 is 3.44. The number of H-pyrrole nitrogens is 1. The first kappa shape index (κ1) is 13.4. The average Bonchev–Trinajstić information content (AvgIpc) is 2.86. The quantitative estimate of drug-likeness (QED) is 0.747. The fourth-order valence-electron chi connectivity index (χ4n) is 2.15. The predicted molar refractivity (Wildman–Crippen MR) is 72.5 cm³/mol. The number of hydrogen-bond acceptors (Lipinski definition) is 2. The van der Waals surface area contributed by atoms with Crippen molar-refractivity contribution in [1.29, 1.82) is 0 Å². The monoisotopic (exact) mass is 346 g/mol. The molecule has 3 rings (SSSR count). The van der Waals surface area contributed by atoms with E-state index in [4.69, 9.17) is 0 Å². The summed E-state index contributed by atoms with van der Waals surface area (Å²) in [7, 11) is 1.81. The van der Waals surface area contributed by atoms with E-state index in [1.807, 2.05) is 7.05 Å². The number of nitrogens with one attached hydrogen (secondary N) is 2. The Hall–Kier alpha value is -1.54. The lowest BCUT2D eigenvalue weighted by Crippen LogP contribution is -2.06. The molecule has 0 spiro atoms. The second-order valence-corrected chi connectivity index (χ2v) is 5.15. The molecular weight excluding hydrogens is 337 g/mol. The minimum Gasteiger partial charge on any atom is -0.325 e. The molecule has 1 aromatic carbocycles. The number of halogens is 4. The van der Waals surface area contributed by atoms with Gasteiger partial charge in [0.1, 0.15) is 4.60 Å². The van der Waals surface area contributed by atoms with E-state index in [0.717, 1.165) is 22.4 Å². The summed E-state index contributed by atoms with van der Waals surface area (Å²) in [5.74, 6) is 0.511. The second-order valence-electron chi connectivity index (χ2n) is 4.40. The topological polar surface area (TPSA) is 45.1 Å². The van der Waals surface area contributed by atoms with Gasteiger partial charge < -0.3 is 10.3 Å². The minimum absolute atomic E-state index is 0.308. The maximum atomic E-state index is 12.7. The fourth-order valence-corrected chi connectivity index (χ4v) is 2.75. The van der Waals surface area contributed by atoms with Crippen LogP contribution in [-0.4, -0.2) is 21.4 Å². The number of rotatable bonds is 2. The van der Waals surface area contributed by atoms with Gasteiger partial charge in [-0.2, -0.15) is 13.2 Å². The molecule has 0 unspecified atom stereocenters. The van der Waals surface area contributed by atoms with Gasteiger partial charge in [-0.15, -0.1) is 0 Å². The zero-order chi connectivity index (χ0) is 14.5. The third-order valence-electron chi connectivity index (χ3n) is 3.04. The van der Waals surface area contributed by atoms with Crippen LogP contribution in [0.1, 0.15) is 11.3 Å². The first-order valence-corrected chi connectivity index (χ1v) is 6.61. The van der Waals surface area contributed by atoms with E-state index in [2.05, 4.69) is 31.2 Å². The van der Waals surface area contributed by atoms with Crippen LogP contribution in [-0.2, 0) is 12.7 Å². The molecule has 0 saturated heterocycles. The van der Waals surface area contributed by atoms with Crippen LogP contribution in [0.25, 0.3) is 16.8 Å². The van der Waals surface area contributed by atoms with Crippen molar-refractivity contribution in [1.82, 2.24) is 19.7 Å². The Kier molecular flexibility index (Phi) is 3.02. The van der Waals surface area contributed by atoms with E-state index in [9.17, 15) is 13.2 Å². The molecular formula is C12H10BrF3N4. The molecule has 106 valence electrons. The summed E-state index contributed by atoms with van der Waals surface area (Å²) in [5.41, 5.74) is 1.12. The molecule has 2 N–H and O–H groups in total. The van der Waals surface area contributed by atoms with Crippen molar-refractivity contribution in [2.45, 2.75) is 12.7 Å². The van der Waals surface area contributed by atoms with E-state index in [-0.39, 0.29) is 0 Å². The van der Waals surface area contributed by atoms with Crippen molar-refractivity contribution in [2.24, 2.45) is 0 Å². The van der Waals surface area contributed by atoms with Crippen molar-refractivity contribution >= 4 is 32.7 Å². The molecule has 4 nitrogen and oxygen atoms in total. The maximum absolute atomic E-state index is 12.7. The highest BCUT2D eigenvalue weighted by Crippen LogP contribution is 2.32. The molecule has 0 radical (unpaired) electrons. The van der Waals surface area contributed by atoms with Crippen LogP contribution in [0.2, 0.25) is 0 Å². The summed E-state index contributed by atoms with van der Waals surface area (Å²) in [6.45, 7) is 0.603. The Labute approximate surface area is 120 Å². The van der Waals surface area contributed by atoms with E-state index < -0.39 is 11.7 Å². The fraction of sp³-hybridized carbons (Fsp3) is 0.250. The van der Waals surface area contributed by atoms with Crippen LogP contribution in [0, 0.1) is 0 Å². The lowest BCUT2D eigenvalue weighted by atomic mass is 10.2. The summed E-state index contributed by atoms with van der Waals surface area (Å²) in [6, 6.07) is 3.55. The van der Waals surface area contributed by atoms with Crippen molar-refractivity contribution in [3.63, 3.8) is 0 Å². The van der Waals surface area contributed by atoms with Crippen LogP contribution in [0.3, 0.4) is 0 Å². The third-order valence-corrected chi connectivity index (χ3v) is 3.88. The second kappa shape index (κ2) is 4.49. The van der Waals surface area contributed by atoms with Crippen molar-refractivity contribution in [3.05, 3.63) is 34.1 Å². The number of nitrogens with zero attached hydrogens (tertiary/aromatic N) is 2. The van der Waals surface area contributed by atoms with E-state index in [0.29, 0.717) is 23.4 Å². The normalized spacial score (nSPS) is 12.7. The first-order chi connectivity index (χ1) is 9.41. The summed E-state index contributed by atoms with van der Waals surface area (Å²) in [4.78, 5) is 7.28. The molecule has 3 aromatic rings. The van der Waals surface area contributed by atoms with Gasteiger partial charge in [-0.3, -0.25) is 4.40 Å². The molecule has 0 amide bonds. The van der Waals surface area contributed by atoms with E-state index in [1.54, 1.807) is 4.40 Å². The molecule has 0 atom stereocenters. The zero-order valence-corrected chi connectivity index (χ0v) is 11.9. The number of aromatic nitrogens is 3. The van der Waals surface area contributed by atoms with Gasteiger partial charge in [-0.05, 0) is 41.2 Å². The lowest BCUT2D eigenvalue weighted by Gasteiger charge is -2.05. The number of fused-ring (bicyclic) bond motifs is 3. The standard InChI is InChI=1S/C12H10BrF3N4/c1-17-5-8-10(13)20-9-3-2-6(12(14,15)16)4-7(9)18-11(20)19-8/h2-4,17H,5H2,1H3,(H,18,19). The number of hydrogen-bond donors (Lipinski definition) is 2. The molecule has 0 aliphatic rings. The summed E-state index contributed by atoms with van der Waals surface area (Å²) < 4.78 is 40.5. The third kappa shape index (κ3) is 1.99. The Balaban J connectivity index is 2.23. The molecule has 0 aliphatic heterocycles. The highest BCUT2D eigenvalue weighted by molar-refractivity contribution is 9.10. The van der Waals surface area contributed by atoms with E-state index in [1.165, 1.54) is 6.07 Å². The summed E-state index contributed by atoms with van der Waals surface area (Å²) in [5, 5.41) is 3.00. The Morgan fingerprint density at radius 3 is 2.80 bits per heavy atom. The Bertz CT molecular complexity index is 787. The minimum atomic E-state index is -4.36. The van der Waals surface area contributed by atoms with E-state index >= 15 is 0 Å². The number of imidazole rings is 2. The highest BCUT2D eigenvalue weighted by atomic mass is 79.9. The molecule has 2 aromatic heterocycles. The van der Waals surface area contributed by atoms with Gasteiger partial charge in [0, 0.05) is 6.54 Å². The van der Waals surface area contributed by atoms with Crippen LogP contribution >= 0.6 is 15.9 Å². The highest BCUT2D eigenvalue weighted by Gasteiger charge is 2.31. The maximum Gasteiger partial charge on any atom is 0.416 e. The number of benzene rings is 1. The Morgan fingerprint density at radius 2 is 2.15 bits per heavy atom. The molecule has 8 heteroatoms. The van der Waals surface area contributed by atoms with Gasteiger partial charge in [0.2, 0.25) is 5.78 Å². The lowest BCUT2D eigenvalue weighted by molar-refractivity contribution is -0.137. The molecule has 0 saturated carbocycles. The number of alkyl halides is 3. The van der Waals surface area contributed by atoms with Gasteiger partial charge in [0.25, 0.3) is 0 Å². The average molecular weight is 347 g/mol. The molecule has 0 fully saturated rings. The molecule has 0 bridgehead atoms. The Morgan fingerprint density at radius 1 is 1.40 bits per heavy atom. The predicted octanol–water partition coefficient (Wildman–Crippen LogP) is 3.32. The zero-order valence-electron chi connectivity index (χ0n) is 10.3. The largest absolute Gasteiger partial charge is 0.416 e. The van der Waals surface area contributed by atoms with Gasteiger partial charge in [-0.1, -0.05) is 0 Å². The molecule has 20 heavy (non-hydrogen) atoms. The molecule has 2 heterocycles. The first-order valence-electron chi connectivity index (χ1n) is 5.82. The van der Waals surface area contributed by atoms with Crippen LogP contribution in [0.4, 0.5) is 13.2 Å². The van der Waals surface area contributed by atoms with Crippen molar-refractivity contribution in [2.75, 3.05) is 7.05 Å². The summed E-state index contributed by atoms with van der Waals surface area (Å²) in [6.07, 6.45) is -4.36. The van der Waals surface area contributed by atoms with Gasteiger partial charge >= 0.3 is 6.18 Å². The van der Waals surface area contributed by atoms with Crippen molar-refractivity contribution < 1.29 is 13.2 Å². The SMILES string of the molecule is CNCc1[nH]c2nc3cc(C(F)(F)F)ccc3n2c1Br. The van der Waals surface area contributed by atoms with Crippen LogP contribution in [0.5, 0.6) is 0 Å². The van der Waals surface area contributed by atoms with Crippen molar-refractivity contribution in [3.8, 4) is 0 Å².